The molecule has 0 N–H and O–H groups in total. The number of hydrogen-bond acceptors (Lipinski definition) is 4. The van der Waals surface area contributed by atoms with Crippen LogP contribution in [0.25, 0.3) is 5.82 Å². The average Bonchev–Trinajstić information content (AvgIpc) is 2.89. The molecule has 0 fully saturated rings. The van der Waals surface area contributed by atoms with E-state index in [1.165, 1.54) is 6.07 Å². The lowest BCUT2D eigenvalue weighted by atomic mass is 10.2. The van der Waals surface area contributed by atoms with E-state index in [1.807, 2.05) is 44.0 Å². The predicted octanol–water partition coefficient (Wildman–Crippen LogP) is 3.71. The van der Waals surface area contributed by atoms with Gasteiger partial charge in [0.05, 0.1) is 10.7 Å². The maximum absolute atomic E-state index is 13.5. The van der Waals surface area contributed by atoms with Crippen molar-refractivity contribution in [2.45, 2.75) is 20.4 Å². The van der Waals surface area contributed by atoms with E-state index in [9.17, 15) is 4.39 Å². The molecule has 2 heterocycles. The van der Waals surface area contributed by atoms with Gasteiger partial charge in [0.1, 0.15) is 5.82 Å². The second-order valence-corrected chi connectivity index (χ2v) is 6.10. The Morgan fingerprint density at radius 3 is 2.50 bits per heavy atom. The van der Waals surface area contributed by atoms with E-state index >= 15 is 0 Å². The van der Waals surface area contributed by atoms with Gasteiger partial charge >= 0.3 is 0 Å². The van der Waals surface area contributed by atoms with Crippen LogP contribution in [0.4, 0.5) is 10.2 Å². The van der Waals surface area contributed by atoms with Gasteiger partial charge in [-0.2, -0.15) is 5.10 Å². The lowest BCUT2D eigenvalue weighted by Crippen LogP contribution is -2.18. The topological polar surface area (TPSA) is 46.8 Å². The van der Waals surface area contributed by atoms with Crippen molar-refractivity contribution in [2.24, 2.45) is 0 Å². The first kappa shape index (κ1) is 16.4. The van der Waals surface area contributed by atoms with Gasteiger partial charge in [0, 0.05) is 19.3 Å². The van der Waals surface area contributed by atoms with Gasteiger partial charge in [-0.05, 0) is 49.7 Å². The second-order valence-electron chi connectivity index (χ2n) is 5.69. The lowest BCUT2D eigenvalue weighted by Gasteiger charge is -2.18. The van der Waals surface area contributed by atoms with Gasteiger partial charge in [0.25, 0.3) is 0 Å². The fourth-order valence-corrected chi connectivity index (χ4v) is 2.61. The minimum absolute atomic E-state index is 0.121. The Kier molecular flexibility index (Phi) is 4.49. The van der Waals surface area contributed by atoms with Crippen molar-refractivity contribution < 1.29 is 4.39 Å². The monoisotopic (exact) mass is 345 g/mol. The quantitative estimate of drug-likeness (QED) is 0.723. The van der Waals surface area contributed by atoms with Crippen molar-refractivity contribution in [1.29, 1.82) is 0 Å². The van der Waals surface area contributed by atoms with Gasteiger partial charge in [-0.1, -0.05) is 17.7 Å². The smallest absolute Gasteiger partial charge is 0.176 e. The van der Waals surface area contributed by atoms with Crippen LogP contribution in [0.15, 0.2) is 36.4 Å². The molecular formula is C17H17ClFN5. The molecule has 2 aromatic heterocycles. The molecule has 0 bridgehead atoms. The molecule has 1 aromatic carbocycles. The molecule has 0 radical (unpaired) electrons. The molecule has 24 heavy (non-hydrogen) atoms. The van der Waals surface area contributed by atoms with E-state index < -0.39 is 5.82 Å². The van der Waals surface area contributed by atoms with Crippen molar-refractivity contribution in [3.05, 3.63) is 64.2 Å². The lowest BCUT2D eigenvalue weighted by molar-refractivity contribution is 0.625. The summed E-state index contributed by atoms with van der Waals surface area (Å²) in [5, 5.41) is 13.0. The van der Waals surface area contributed by atoms with Crippen LogP contribution in [-0.2, 0) is 6.54 Å². The highest BCUT2D eigenvalue weighted by Gasteiger charge is 2.09. The fourth-order valence-electron chi connectivity index (χ4n) is 2.49. The highest BCUT2D eigenvalue weighted by molar-refractivity contribution is 6.30. The maximum Gasteiger partial charge on any atom is 0.176 e. The van der Waals surface area contributed by atoms with E-state index in [0.29, 0.717) is 18.2 Å². The summed E-state index contributed by atoms with van der Waals surface area (Å²) < 4.78 is 15.3. The molecule has 0 atom stereocenters. The molecule has 0 saturated carbocycles. The minimum atomic E-state index is -0.423. The zero-order valence-corrected chi connectivity index (χ0v) is 14.4. The third kappa shape index (κ3) is 3.38. The Balaban J connectivity index is 1.77. The average molecular weight is 346 g/mol. The third-order valence-electron chi connectivity index (χ3n) is 3.66. The molecule has 124 valence electrons. The summed E-state index contributed by atoms with van der Waals surface area (Å²) in [5.41, 5.74) is 2.74. The molecule has 0 aliphatic carbocycles. The van der Waals surface area contributed by atoms with Crippen LogP contribution in [0.5, 0.6) is 0 Å². The van der Waals surface area contributed by atoms with Crippen molar-refractivity contribution in [1.82, 2.24) is 20.0 Å². The van der Waals surface area contributed by atoms with Crippen molar-refractivity contribution in [2.75, 3.05) is 11.9 Å². The highest BCUT2D eigenvalue weighted by atomic mass is 35.5. The number of hydrogen-bond donors (Lipinski definition) is 0. The molecule has 0 aliphatic rings. The normalized spacial score (nSPS) is 10.9. The first-order valence-corrected chi connectivity index (χ1v) is 7.84. The first-order chi connectivity index (χ1) is 11.4. The number of aryl methyl sites for hydroxylation is 2. The SMILES string of the molecule is Cc1cc(C)n(-c2ccc(N(C)Cc3ccc(Cl)c(F)c3)nn2)n1. The Morgan fingerprint density at radius 1 is 1.12 bits per heavy atom. The molecule has 7 heteroatoms. The van der Waals surface area contributed by atoms with Crippen molar-refractivity contribution in [3.8, 4) is 5.82 Å². The van der Waals surface area contributed by atoms with Gasteiger partial charge in [0.2, 0.25) is 0 Å². The summed E-state index contributed by atoms with van der Waals surface area (Å²) in [6, 6.07) is 10.5. The molecule has 0 spiro atoms. The van der Waals surface area contributed by atoms with Crippen LogP contribution in [0.1, 0.15) is 17.0 Å². The zero-order chi connectivity index (χ0) is 17.3. The van der Waals surface area contributed by atoms with Gasteiger partial charge < -0.3 is 4.90 Å². The summed E-state index contributed by atoms with van der Waals surface area (Å²) >= 11 is 5.71. The van der Waals surface area contributed by atoms with Crippen LogP contribution in [0, 0.1) is 19.7 Å². The number of aromatic nitrogens is 4. The largest absolute Gasteiger partial charge is 0.354 e. The number of rotatable bonds is 4. The Hall–Kier alpha value is -2.47. The molecule has 3 aromatic rings. The fraction of sp³-hybridized carbons (Fsp3) is 0.235. The van der Waals surface area contributed by atoms with Crippen LogP contribution in [0.3, 0.4) is 0 Å². The molecular weight excluding hydrogens is 329 g/mol. The summed E-state index contributed by atoms with van der Waals surface area (Å²) in [6.45, 7) is 4.41. The van der Waals surface area contributed by atoms with E-state index in [1.54, 1.807) is 16.8 Å². The molecule has 5 nitrogen and oxygen atoms in total. The summed E-state index contributed by atoms with van der Waals surface area (Å²) in [5.74, 6) is 0.930. The van der Waals surface area contributed by atoms with Crippen LogP contribution < -0.4 is 4.90 Å². The van der Waals surface area contributed by atoms with Crippen LogP contribution >= 0.6 is 11.6 Å². The van der Waals surface area contributed by atoms with Crippen LogP contribution in [0.2, 0.25) is 5.02 Å². The number of anilines is 1. The van der Waals surface area contributed by atoms with Crippen molar-refractivity contribution >= 4 is 17.4 Å². The van der Waals surface area contributed by atoms with E-state index in [2.05, 4.69) is 15.3 Å². The Morgan fingerprint density at radius 2 is 1.92 bits per heavy atom. The molecule has 0 unspecified atom stereocenters. The molecule has 3 rings (SSSR count). The predicted molar refractivity (Wildman–Crippen MR) is 92.1 cm³/mol. The van der Waals surface area contributed by atoms with E-state index in [0.717, 1.165) is 17.0 Å². The maximum atomic E-state index is 13.5. The zero-order valence-electron chi connectivity index (χ0n) is 13.7. The van der Waals surface area contributed by atoms with Gasteiger partial charge in [-0.15, -0.1) is 10.2 Å². The molecule has 0 aliphatic heterocycles. The number of benzene rings is 1. The minimum Gasteiger partial charge on any atom is -0.354 e. The van der Waals surface area contributed by atoms with Crippen LogP contribution in [-0.4, -0.2) is 27.0 Å². The van der Waals surface area contributed by atoms with Gasteiger partial charge in [0.15, 0.2) is 11.6 Å². The van der Waals surface area contributed by atoms with E-state index in [-0.39, 0.29) is 5.02 Å². The van der Waals surface area contributed by atoms with Gasteiger partial charge in [-0.3, -0.25) is 0 Å². The standard InChI is InChI=1S/C17H17ClFN5/c1-11-8-12(2)24(22-11)17-7-6-16(20-21-17)23(3)10-13-4-5-14(18)15(19)9-13/h4-9H,10H2,1-3H3. The number of halogens is 2. The van der Waals surface area contributed by atoms with Crippen molar-refractivity contribution in [3.63, 3.8) is 0 Å². The third-order valence-corrected chi connectivity index (χ3v) is 3.96. The second kappa shape index (κ2) is 6.57. The summed E-state index contributed by atoms with van der Waals surface area (Å²) in [6.07, 6.45) is 0. The summed E-state index contributed by atoms with van der Waals surface area (Å²) in [7, 11) is 1.87. The Labute approximate surface area is 144 Å². The van der Waals surface area contributed by atoms with E-state index in [4.69, 9.17) is 11.6 Å². The first-order valence-electron chi connectivity index (χ1n) is 7.46. The summed E-state index contributed by atoms with van der Waals surface area (Å²) in [4.78, 5) is 1.89. The number of nitrogens with zero attached hydrogens (tertiary/aromatic N) is 5. The highest BCUT2D eigenvalue weighted by Crippen LogP contribution is 2.19. The molecule has 0 saturated heterocycles. The Bertz CT molecular complexity index is 860. The van der Waals surface area contributed by atoms with Gasteiger partial charge in [-0.25, -0.2) is 9.07 Å². The molecule has 0 amide bonds.